The predicted octanol–water partition coefficient (Wildman–Crippen LogP) is 2.83. The highest BCUT2D eigenvalue weighted by Gasteiger charge is 2.06. The molecular formula is C11H26N2. The van der Waals surface area contributed by atoms with E-state index in [9.17, 15) is 0 Å². The molecule has 2 nitrogen and oxygen atoms in total. The summed E-state index contributed by atoms with van der Waals surface area (Å²) < 4.78 is 0. The van der Waals surface area contributed by atoms with Gasteiger partial charge in [0.1, 0.15) is 0 Å². The van der Waals surface area contributed by atoms with Gasteiger partial charge < -0.3 is 0 Å². The molecule has 0 saturated heterocycles. The van der Waals surface area contributed by atoms with Crippen LogP contribution >= 0.6 is 0 Å². The van der Waals surface area contributed by atoms with Crippen molar-refractivity contribution in [1.29, 1.82) is 0 Å². The molecule has 13 heavy (non-hydrogen) atoms. The van der Waals surface area contributed by atoms with E-state index in [-0.39, 0.29) is 0 Å². The topological polar surface area (TPSA) is 38.0 Å². The summed E-state index contributed by atoms with van der Waals surface area (Å²) in [7, 11) is 0. The zero-order valence-corrected chi connectivity index (χ0v) is 9.47. The Labute approximate surface area is 83.2 Å². The summed E-state index contributed by atoms with van der Waals surface area (Å²) in [4.78, 5) is 0. The van der Waals surface area contributed by atoms with Gasteiger partial charge in [-0.3, -0.25) is 11.3 Å². The number of unbranched alkanes of at least 4 members (excludes halogenated alkanes) is 2. The second-order valence-electron chi connectivity index (χ2n) is 4.33. The highest BCUT2D eigenvalue weighted by atomic mass is 15.2. The molecule has 0 aromatic heterocycles. The Morgan fingerprint density at radius 1 is 1.08 bits per heavy atom. The molecule has 1 unspecified atom stereocenters. The highest BCUT2D eigenvalue weighted by Crippen LogP contribution is 2.11. The van der Waals surface area contributed by atoms with Gasteiger partial charge in [-0.25, -0.2) is 0 Å². The average molecular weight is 186 g/mol. The molecule has 0 radical (unpaired) electrons. The van der Waals surface area contributed by atoms with Gasteiger partial charge in [0.15, 0.2) is 0 Å². The third-order valence-electron chi connectivity index (χ3n) is 2.48. The molecule has 0 aliphatic heterocycles. The monoisotopic (exact) mass is 186 g/mol. The number of hydrogen-bond donors (Lipinski definition) is 2. The highest BCUT2D eigenvalue weighted by molar-refractivity contribution is 4.64. The Bertz CT molecular complexity index is 102. The summed E-state index contributed by atoms with van der Waals surface area (Å²) in [5.41, 5.74) is 2.92. The number of hydrazine groups is 1. The van der Waals surface area contributed by atoms with Crippen LogP contribution in [-0.4, -0.2) is 6.04 Å². The van der Waals surface area contributed by atoms with E-state index < -0.39 is 0 Å². The van der Waals surface area contributed by atoms with E-state index in [0.717, 1.165) is 5.92 Å². The van der Waals surface area contributed by atoms with E-state index in [0.29, 0.717) is 6.04 Å². The number of nitrogens with one attached hydrogen (secondary N) is 1. The maximum atomic E-state index is 5.49. The zero-order valence-electron chi connectivity index (χ0n) is 9.47. The number of nitrogens with two attached hydrogens (primary N) is 1. The summed E-state index contributed by atoms with van der Waals surface area (Å²) in [6.07, 6.45) is 7.67. The normalized spacial score (nSPS) is 13.6. The Hall–Kier alpha value is -0.0800. The molecule has 0 bridgehead atoms. The Morgan fingerprint density at radius 3 is 2.23 bits per heavy atom. The quantitative estimate of drug-likeness (QED) is 0.347. The Balaban J connectivity index is 3.39. The van der Waals surface area contributed by atoms with E-state index in [2.05, 4.69) is 26.2 Å². The van der Waals surface area contributed by atoms with Crippen LogP contribution < -0.4 is 11.3 Å². The summed E-state index contributed by atoms with van der Waals surface area (Å²) in [5, 5.41) is 0. The van der Waals surface area contributed by atoms with Crippen molar-refractivity contribution < 1.29 is 0 Å². The molecule has 0 saturated carbocycles. The van der Waals surface area contributed by atoms with Gasteiger partial charge in [-0.2, -0.15) is 0 Å². The summed E-state index contributed by atoms with van der Waals surface area (Å²) in [6.45, 7) is 6.76. The van der Waals surface area contributed by atoms with Crippen LogP contribution in [0, 0.1) is 5.92 Å². The van der Waals surface area contributed by atoms with Crippen molar-refractivity contribution in [3.05, 3.63) is 0 Å². The van der Waals surface area contributed by atoms with E-state index in [1.54, 1.807) is 0 Å². The lowest BCUT2D eigenvalue weighted by Gasteiger charge is -2.16. The van der Waals surface area contributed by atoms with Crippen LogP contribution in [0.3, 0.4) is 0 Å². The SMILES string of the molecule is CCCCCC(CCC(C)C)NN. The van der Waals surface area contributed by atoms with Crippen LogP contribution in [0.4, 0.5) is 0 Å². The van der Waals surface area contributed by atoms with Gasteiger partial charge in [-0.1, -0.05) is 40.0 Å². The van der Waals surface area contributed by atoms with Gasteiger partial charge in [0, 0.05) is 6.04 Å². The van der Waals surface area contributed by atoms with Crippen LogP contribution in [-0.2, 0) is 0 Å². The van der Waals surface area contributed by atoms with Gasteiger partial charge in [0.25, 0.3) is 0 Å². The maximum absolute atomic E-state index is 5.49. The first-order valence-corrected chi connectivity index (χ1v) is 5.66. The first kappa shape index (κ1) is 12.9. The maximum Gasteiger partial charge on any atom is 0.0210 e. The van der Waals surface area contributed by atoms with Crippen LogP contribution in [0.5, 0.6) is 0 Å². The fraction of sp³-hybridized carbons (Fsp3) is 1.00. The smallest absolute Gasteiger partial charge is 0.0210 e. The lowest BCUT2D eigenvalue weighted by Crippen LogP contribution is -2.35. The van der Waals surface area contributed by atoms with Crippen LogP contribution in [0.1, 0.15) is 59.3 Å². The third-order valence-corrected chi connectivity index (χ3v) is 2.48. The minimum absolute atomic E-state index is 0.536. The van der Waals surface area contributed by atoms with Crippen LogP contribution in [0.25, 0.3) is 0 Å². The molecule has 0 fully saturated rings. The Kier molecular flexibility index (Phi) is 8.46. The molecule has 0 aliphatic carbocycles. The number of hydrogen-bond acceptors (Lipinski definition) is 2. The molecular weight excluding hydrogens is 160 g/mol. The van der Waals surface area contributed by atoms with Gasteiger partial charge in [-0.05, 0) is 25.2 Å². The van der Waals surface area contributed by atoms with E-state index in [1.165, 1.54) is 38.5 Å². The Morgan fingerprint density at radius 2 is 1.77 bits per heavy atom. The van der Waals surface area contributed by atoms with Gasteiger partial charge >= 0.3 is 0 Å². The first-order chi connectivity index (χ1) is 6.20. The number of rotatable bonds is 8. The van der Waals surface area contributed by atoms with Crippen LogP contribution in [0.2, 0.25) is 0 Å². The van der Waals surface area contributed by atoms with E-state index in [4.69, 9.17) is 5.84 Å². The van der Waals surface area contributed by atoms with E-state index in [1.807, 2.05) is 0 Å². The lowest BCUT2D eigenvalue weighted by atomic mass is 9.99. The molecule has 0 rings (SSSR count). The molecule has 1 atom stereocenters. The minimum atomic E-state index is 0.536. The molecule has 0 aromatic rings. The zero-order chi connectivity index (χ0) is 10.1. The molecule has 0 aromatic carbocycles. The van der Waals surface area contributed by atoms with Gasteiger partial charge in [0.05, 0.1) is 0 Å². The lowest BCUT2D eigenvalue weighted by molar-refractivity contribution is 0.404. The van der Waals surface area contributed by atoms with Crippen molar-refractivity contribution >= 4 is 0 Å². The summed E-state index contributed by atoms with van der Waals surface area (Å²) in [5.74, 6) is 6.28. The van der Waals surface area contributed by atoms with Crippen molar-refractivity contribution in [2.75, 3.05) is 0 Å². The summed E-state index contributed by atoms with van der Waals surface area (Å²) >= 11 is 0. The standard InChI is InChI=1S/C11H26N2/c1-4-5-6-7-11(13-12)9-8-10(2)3/h10-11,13H,4-9,12H2,1-3H3. The fourth-order valence-corrected chi connectivity index (χ4v) is 1.49. The molecule has 2 heteroatoms. The molecule has 0 heterocycles. The second kappa shape index (κ2) is 8.52. The average Bonchev–Trinajstić information content (AvgIpc) is 2.10. The molecule has 0 amide bonds. The van der Waals surface area contributed by atoms with Gasteiger partial charge in [-0.15, -0.1) is 0 Å². The largest absolute Gasteiger partial charge is 0.271 e. The first-order valence-electron chi connectivity index (χ1n) is 5.66. The third kappa shape index (κ3) is 8.26. The van der Waals surface area contributed by atoms with Crippen molar-refractivity contribution in [3.8, 4) is 0 Å². The second-order valence-corrected chi connectivity index (χ2v) is 4.33. The molecule has 80 valence electrons. The van der Waals surface area contributed by atoms with Crippen LogP contribution in [0.15, 0.2) is 0 Å². The molecule has 0 spiro atoms. The van der Waals surface area contributed by atoms with Crippen molar-refractivity contribution in [1.82, 2.24) is 5.43 Å². The molecule has 0 aliphatic rings. The van der Waals surface area contributed by atoms with Gasteiger partial charge in [0.2, 0.25) is 0 Å². The van der Waals surface area contributed by atoms with Crippen molar-refractivity contribution in [3.63, 3.8) is 0 Å². The van der Waals surface area contributed by atoms with E-state index >= 15 is 0 Å². The predicted molar refractivity (Wildman–Crippen MR) is 59.3 cm³/mol. The fourth-order valence-electron chi connectivity index (χ4n) is 1.49. The van der Waals surface area contributed by atoms with Crippen molar-refractivity contribution in [2.24, 2.45) is 11.8 Å². The minimum Gasteiger partial charge on any atom is -0.271 e. The summed E-state index contributed by atoms with van der Waals surface area (Å²) in [6, 6.07) is 0.536. The van der Waals surface area contributed by atoms with Crippen molar-refractivity contribution in [2.45, 2.75) is 65.3 Å². The molecule has 3 N–H and O–H groups in total.